The molecule has 8 nitrogen and oxygen atoms in total. The average molecular weight is 306 g/mol. The van der Waals surface area contributed by atoms with Crippen LogP contribution in [0.15, 0.2) is 29.2 Å². The summed E-state index contributed by atoms with van der Waals surface area (Å²) < 4.78 is 2.33. The van der Waals surface area contributed by atoms with Crippen LogP contribution in [-0.2, 0) is 16.1 Å². The summed E-state index contributed by atoms with van der Waals surface area (Å²) >= 11 is 0. The molecule has 0 aliphatic heterocycles. The third-order valence-electron chi connectivity index (χ3n) is 3.58. The first-order valence-corrected chi connectivity index (χ1v) is 7.00. The molecule has 2 aromatic heterocycles. The highest BCUT2D eigenvalue weighted by atomic mass is 16.4. The monoisotopic (exact) mass is 306 g/mol. The molecule has 2 aromatic rings. The van der Waals surface area contributed by atoms with Crippen LogP contribution in [-0.4, -0.2) is 37.2 Å². The van der Waals surface area contributed by atoms with Crippen LogP contribution < -0.4 is 11.0 Å². The second kappa shape index (κ2) is 6.42. The highest BCUT2D eigenvalue weighted by molar-refractivity contribution is 5.83. The summed E-state index contributed by atoms with van der Waals surface area (Å²) in [6.07, 6.45) is 2.17. The van der Waals surface area contributed by atoms with Crippen LogP contribution in [0.25, 0.3) is 5.65 Å². The molecule has 0 fully saturated rings. The van der Waals surface area contributed by atoms with Gasteiger partial charge in [0.05, 0.1) is 0 Å². The first-order chi connectivity index (χ1) is 10.4. The number of hydrogen-bond donors (Lipinski definition) is 2. The summed E-state index contributed by atoms with van der Waals surface area (Å²) in [4.78, 5) is 35.2. The van der Waals surface area contributed by atoms with Gasteiger partial charge in [0, 0.05) is 6.20 Å². The van der Waals surface area contributed by atoms with Crippen LogP contribution in [0, 0.1) is 5.92 Å². The lowest BCUT2D eigenvalue weighted by Crippen LogP contribution is -2.46. The summed E-state index contributed by atoms with van der Waals surface area (Å²) in [5.74, 6) is -1.86. The maximum absolute atomic E-state index is 12.0. The zero-order chi connectivity index (χ0) is 16.3. The molecular formula is C14H18N4O4. The maximum atomic E-state index is 12.0. The first kappa shape index (κ1) is 15.7. The van der Waals surface area contributed by atoms with Crippen LogP contribution >= 0.6 is 0 Å². The van der Waals surface area contributed by atoms with Crippen molar-refractivity contribution in [3.8, 4) is 0 Å². The zero-order valence-electron chi connectivity index (χ0n) is 12.4. The van der Waals surface area contributed by atoms with Crippen LogP contribution in [0.2, 0.25) is 0 Å². The molecule has 0 saturated carbocycles. The minimum absolute atomic E-state index is 0.209. The Hall–Kier alpha value is -2.64. The van der Waals surface area contributed by atoms with Gasteiger partial charge in [-0.2, -0.15) is 0 Å². The largest absolute Gasteiger partial charge is 0.480 e. The maximum Gasteiger partial charge on any atom is 0.350 e. The van der Waals surface area contributed by atoms with Crippen molar-refractivity contribution >= 4 is 17.5 Å². The summed E-state index contributed by atoms with van der Waals surface area (Å²) in [6, 6.07) is 4.08. The molecule has 22 heavy (non-hydrogen) atoms. The number of carboxylic acid groups (broad SMARTS) is 1. The van der Waals surface area contributed by atoms with Crippen LogP contribution in [0.1, 0.15) is 20.3 Å². The number of carboxylic acids is 1. The third kappa shape index (κ3) is 3.16. The average Bonchev–Trinajstić information content (AvgIpc) is 2.80. The summed E-state index contributed by atoms with van der Waals surface area (Å²) in [6.45, 7) is 3.27. The van der Waals surface area contributed by atoms with Crippen molar-refractivity contribution in [3.63, 3.8) is 0 Å². The zero-order valence-corrected chi connectivity index (χ0v) is 12.4. The topological polar surface area (TPSA) is 106 Å². The van der Waals surface area contributed by atoms with Gasteiger partial charge in [0.15, 0.2) is 5.65 Å². The standard InChI is InChI=1S/C14H18N4O4/c1-3-9(2)12(13(20)21)15-11(19)8-18-14(22)17-7-5-4-6-10(17)16-18/h4-7,9,12H,3,8H2,1-2H3,(H,15,19)(H,20,21)/t9-,12-/m0/s1. The molecule has 1 amide bonds. The van der Waals surface area contributed by atoms with Crippen LogP contribution in [0.4, 0.5) is 0 Å². The Morgan fingerprint density at radius 2 is 2.14 bits per heavy atom. The highest BCUT2D eigenvalue weighted by Gasteiger charge is 2.25. The quantitative estimate of drug-likeness (QED) is 0.788. The SMILES string of the molecule is CC[C@H](C)[C@H](NC(=O)Cn1nc2ccccn2c1=O)C(=O)O. The Labute approximate surface area is 126 Å². The minimum Gasteiger partial charge on any atom is -0.480 e. The second-order valence-electron chi connectivity index (χ2n) is 5.14. The molecule has 0 spiro atoms. The van der Waals surface area contributed by atoms with Gasteiger partial charge in [-0.25, -0.2) is 14.3 Å². The molecule has 0 saturated heterocycles. The fraction of sp³-hybridized carbons (Fsp3) is 0.429. The number of aromatic nitrogens is 3. The molecule has 2 N–H and O–H groups in total. The number of nitrogens with zero attached hydrogens (tertiary/aromatic N) is 3. The summed E-state index contributed by atoms with van der Waals surface area (Å²) in [5.41, 5.74) is -0.0156. The minimum atomic E-state index is -1.09. The molecule has 118 valence electrons. The molecule has 0 aromatic carbocycles. The van der Waals surface area contributed by atoms with Crippen LogP contribution in [0.3, 0.4) is 0 Å². The van der Waals surface area contributed by atoms with E-state index in [0.29, 0.717) is 12.1 Å². The van der Waals surface area contributed by atoms with E-state index in [2.05, 4.69) is 10.4 Å². The number of nitrogens with one attached hydrogen (secondary N) is 1. The highest BCUT2D eigenvalue weighted by Crippen LogP contribution is 2.07. The Balaban J connectivity index is 2.15. The lowest BCUT2D eigenvalue weighted by molar-refractivity contribution is -0.143. The normalized spacial score (nSPS) is 13.7. The van der Waals surface area contributed by atoms with Gasteiger partial charge < -0.3 is 10.4 Å². The number of hydrogen-bond acceptors (Lipinski definition) is 4. The second-order valence-corrected chi connectivity index (χ2v) is 5.14. The van der Waals surface area contributed by atoms with E-state index in [4.69, 9.17) is 5.11 Å². The number of carbonyl (C=O) groups is 2. The van der Waals surface area contributed by atoms with E-state index in [0.717, 1.165) is 4.68 Å². The van der Waals surface area contributed by atoms with Gasteiger partial charge in [-0.05, 0) is 18.1 Å². The number of pyridine rings is 1. The molecule has 0 aliphatic carbocycles. The van der Waals surface area contributed by atoms with Gasteiger partial charge >= 0.3 is 11.7 Å². The number of amides is 1. The Morgan fingerprint density at radius 1 is 1.41 bits per heavy atom. The number of carbonyl (C=O) groups excluding carboxylic acids is 1. The summed E-state index contributed by atoms with van der Waals surface area (Å²) in [7, 11) is 0. The van der Waals surface area contributed by atoms with Gasteiger partial charge in [0.25, 0.3) is 0 Å². The van der Waals surface area contributed by atoms with E-state index < -0.39 is 23.6 Å². The molecule has 2 heterocycles. The lowest BCUT2D eigenvalue weighted by atomic mass is 9.99. The predicted molar refractivity (Wildman–Crippen MR) is 78.5 cm³/mol. The van der Waals surface area contributed by atoms with Crippen molar-refractivity contribution in [1.29, 1.82) is 0 Å². The number of fused-ring (bicyclic) bond motifs is 1. The van der Waals surface area contributed by atoms with Crippen molar-refractivity contribution in [1.82, 2.24) is 19.5 Å². The van der Waals surface area contributed by atoms with Gasteiger partial charge in [-0.15, -0.1) is 5.10 Å². The van der Waals surface area contributed by atoms with Crippen LogP contribution in [0.5, 0.6) is 0 Å². The molecule has 0 aliphatic rings. The first-order valence-electron chi connectivity index (χ1n) is 7.00. The van der Waals surface area contributed by atoms with E-state index in [1.54, 1.807) is 31.3 Å². The van der Waals surface area contributed by atoms with E-state index in [1.807, 2.05) is 6.92 Å². The van der Waals surface area contributed by atoms with Crippen molar-refractivity contribution in [2.45, 2.75) is 32.9 Å². The molecule has 2 atom stereocenters. The lowest BCUT2D eigenvalue weighted by Gasteiger charge is -2.19. The van der Waals surface area contributed by atoms with Gasteiger partial charge in [-0.3, -0.25) is 9.20 Å². The van der Waals surface area contributed by atoms with E-state index in [1.165, 1.54) is 4.40 Å². The molecule has 0 bridgehead atoms. The van der Waals surface area contributed by atoms with Crippen molar-refractivity contribution < 1.29 is 14.7 Å². The van der Waals surface area contributed by atoms with Gasteiger partial charge in [-0.1, -0.05) is 26.3 Å². The van der Waals surface area contributed by atoms with E-state index in [-0.39, 0.29) is 12.5 Å². The molecule has 0 radical (unpaired) electrons. The van der Waals surface area contributed by atoms with Gasteiger partial charge in [0.1, 0.15) is 12.6 Å². The molecule has 2 rings (SSSR count). The van der Waals surface area contributed by atoms with Crippen molar-refractivity contribution in [3.05, 3.63) is 34.9 Å². The molecule has 8 heteroatoms. The number of aliphatic carboxylic acids is 1. The van der Waals surface area contributed by atoms with Crippen molar-refractivity contribution in [2.75, 3.05) is 0 Å². The summed E-state index contributed by atoms with van der Waals surface area (Å²) in [5, 5.41) is 15.6. The van der Waals surface area contributed by atoms with E-state index >= 15 is 0 Å². The Morgan fingerprint density at radius 3 is 2.73 bits per heavy atom. The van der Waals surface area contributed by atoms with E-state index in [9.17, 15) is 14.4 Å². The predicted octanol–water partition coefficient (Wildman–Crippen LogP) is 0.111. The van der Waals surface area contributed by atoms with Gasteiger partial charge in [0.2, 0.25) is 5.91 Å². The fourth-order valence-electron chi connectivity index (χ4n) is 2.11. The fourth-order valence-corrected chi connectivity index (χ4v) is 2.11. The van der Waals surface area contributed by atoms with Crippen molar-refractivity contribution in [2.24, 2.45) is 5.92 Å². The number of rotatable bonds is 6. The smallest absolute Gasteiger partial charge is 0.350 e. The third-order valence-corrected chi connectivity index (χ3v) is 3.58. The Bertz CT molecular complexity index is 749. The molecule has 0 unspecified atom stereocenters. The molecular weight excluding hydrogens is 288 g/mol. The Kier molecular flexibility index (Phi) is 4.59.